The molecule has 30 heavy (non-hydrogen) atoms. The average molecular weight is 421 g/mol. The summed E-state index contributed by atoms with van der Waals surface area (Å²) in [5.41, 5.74) is 0.273. The van der Waals surface area contributed by atoms with Crippen LogP contribution < -0.4 is 10.6 Å². The Bertz CT molecular complexity index is 732. The molecule has 0 bridgehead atoms. The fraction of sp³-hybridized carbons (Fsp3) is 0.571. The minimum atomic E-state index is -0.951. The highest BCUT2D eigenvalue weighted by Gasteiger charge is 2.31. The van der Waals surface area contributed by atoms with E-state index in [-0.39, 0.29) is 12.6 Å². The van der Waals surface area contributed by atoms with Crippen molar-refractivity contribution < 1.29 is 28.6 Å². The summed E-state index contributed by atoms with van der Waals surface area (Å²) in [5.74, 6) is 0.0631. The van der Waals surface area contributed by atoms with Gasteiger partial charge in [0, 0.05) is 0 Å². The van der Waals surface area contributed by atoms with Gasteiger partial charge in [-0.1, -0.05) is 35.5 Å². The monoisotopic (exact) mass is 421 g/mol. The second kappa shape index (κ2) is 10.8. The molecule has 0 fully saturated rings. The highest BCUT2D eigenvalue weighted by Crippen LogP contribution is 2.12. The lowest BCUT2D eigenvalue weighted by molar-refractivity contribution is -0.127. The van der Waals surface area contributed by atoms with Crippen molar-refractivity contribution in [2.75, 3.05) is 13.7 Å². The summed E-state index contributed by atoms with van der Waals surface area (Å²) in [6.07, 6.45) is -1.17. The molecule has 1 aliphatic heterocycles. The predicted octanol–water partition coefficient (Wildman–Crippen LogP) is 2.35. The van der Waals surface area contributed by atoms with E-state index in [2.05, 4.69) is 15.8 Å². The number of nitrogens with one attached hydrogen (secondary N) is 2. The minimum absolute atomic E-state index is 0.215. The first-order valence-corrected chi connectivity index (χ1v) is 9.87. The van der Waals surface area contributed by atoms with Gasteiger partial charge in [-0.2, -0.15) is 0 Å². The third-order valence-corrected chi connectivity index (χ3v) is 4.23. The maximum absolute atomic E-state index is 12.8. The summed E-state index contributed by atoms with van der Waals surface area (Å²) < 4.78 is 16.2. The van der Waals surface area contributed by atoms with E-state index in [0.29, 0.717) is 18.9 Å². The van der Waals surface area contributed by atoms with Gasteiger partial charge in [-0.05, 0) is 33.3 Å². The highest BCUT2D eigenvalue weighted by atomic mass is 16.7. The summed E-state index contributed by atoms with van der Waals surface area (Å²) in [6, 6.07) is 8.63. The number of carbonyl (C=O) groups is 2. The fourth-order valence-corrected chi connectivity index (χ4v) is 2.69. The smallest absolute Gasteiger partial charge is 0.408 e. The number of amides is 2. The first-order chi connectivity index (χ1) is 14.2. The van der Waals surface area contributed by atoms with Crippen LogP contribution in [0.3, 0.4) is 0 Å². The Labute approximate surface area is 177 Å². The van der Waals surface area contributed by atoms with Gasteiger partial charge in [-0.25, -0.2) is 4.79 Å². The Kier molecular flexibility index (Phi) is 8.46. The minimum Gasteiger partial charge on any atom is -0.482 e. The first-order valence-electron chi connectivity index (χ1n) is 9.87. The second-order valence-electron chi connectivity index (χ2n) is 7.99. The molecular weight excluding hydrogens is 390 g/mol. The zero-order chi connectivity index (χ0) is 22.1. The van der Waals surface area contributed by atoms with Crippen molar-refractivity contribution in [2.45, 2.75) is 64.6 Å². The third kappa shape index (κ3) is 7.90. The zero-order valence-electron chi connectivity index (χ0n) is 18.1. The maximum atomic E-state index is 12.8. The summed E-state index contributed by atoms with van der Waals surface area (Å²) in [4.78, 5) is 30.3. The Morgan fingerprint density at radius 2 is 1.97 bits per heavy atom. The molecule has 0 aliphatic carbocycles. The number of carbonyl (C=O) groups excluding carboxylic acids is 2. The van der Waals surface area contributed by atoms with Crippen LogP contribution in [-0.2, 0) is 30.4 Å². The van der Waals surface area contributed by atoms with E-state index >= 15 is 0 Å². The standard InChI is InChI=1S/C21H31N3O6/c1-14(28-13-15-9-7-6-8-10-15)18(23-20(26)29-21(2,3)4)19(25)22-12-16-11-17(27-5)24-30-16/h6-10,14,16,18H,11-13H2,1-5H3,(H,22,25)(H,23,26)/t14-,16?,18+/m1/s1. The van der Waals surface area contributed by atoms with Gasteiger partial charge in [0.05, 0.1) is 32.8 Å². The summed E-state index contributed by atoms with van der Waals surface area (Å²) in [7, 11) is 1.51. The number of rotatable bonds is 8. The van der Waals surface area contributed by atoms with Gasteiger partial charge in [-0.3, -0.25) is 4.79 Å². The van der Waals surface area contributed by atoms with Gasteiger partial charge >= 0.3 is 6.09 Å². The molecule has 1 aromatic carbocycles. The highest BCUT2D eigenvalue weighted by molar-refractivity contribution is 5.86. The molecule has 0 aromatic heterocycles. The molecule has 166 valence electrons. The number of benzene rings is 1. The van der Waals surface area contributed by atoms with Crippen LogP contribution in [0, 0.1) is 0 Å². The Morgan fingerprint density at radius 1 is 1.27 bits per heavy atom. The van der Waals surface area contributed by atoms with E-state index in [1.165, 1.54) is 7.11 Å². The summed E-state index contributed by atoms with van der Waals surface area (Å²) >= 11 is 0. The van der Waals surface area contributed by atoms with Crippen LogP contribution in [0.5, 0.6) is 0 Å². The van der Waals surface area contributed by atoms with Crippen LogP contribution >= 0.6 is 0 Å². The Morgan fingerprint density at radius 3 is 2.57 bits per heavy atom. The molecule has 9 nitrogen and oxygen atoms in total. The summed E-state index contributed by atoms with van der Waals surface area (Å²) in [6.45, 7) is 7.50. The van der Waals surface area contributed by atoms with Crippen molar-refractivity contribution in [1.82, 2.24) is 10.6 Å². The molecule has 1 heterocycles. The number of hydrogen-bond donors (Lipinski definition) is 2. The largest absolute Gasteiger partial charge is 0.482 e. The zero-order valence-corrected chi connectivity index (χ0v) is 18.1. The van der Waals surface area contributed by atoms with Crippen molar-refractivity contribution in [1.29, 1.82) is 0 Å². The summed E-state index contributed by atoms with van der Waals surface area (Å²) in [5, 5.41) is 9.16. The molecule has 3 atom stereocenters. The lowest BCUT2D eigenvalue weighted by Gasteiger charge is -2.27. The van der Waals surface area contributed by atoms with E-state index in [1.54, 1.807) is 27.7 Å². The molecule has 2 amide bonds. The Balaban J connectivity index is 1.96. The number of hydrogen-bond acceptors (Lipinski definition) is 7. The van der Waals surface area contributed by atoms with Crippen LogP contribution in [0.2, 0.25) is 0 Å². The molecule has 2 rings (SSSR count). The number of nitrogens with zero attached hydrogens (tertiary/aromatic N) is 1. The van der Waals surface area contributed by atoms with Gasteiger partial charge in [0.15, 0.2) is 6.10 Å². The fourth-order valence-electron chi connectivity index (χ4n) is 2.69. The first kappa shape index (κ1) is 23.5. The lowest BCUT2D eigenvalue weighted by atomic mass is 10.1. The van der Waals surface area contributed by atoms with Crippen molar-refractivity contribution in [3.63, 3.8) is 0 Å². The van der Waals surface area contributed by atoms with Crippen molar-refractivity contribution in [3.8, 4) is 0 Å². The maximum Gasteiger partial charge on any atom is 0.408 e. The van der Waals surface area contributed by atoms with Gasteiger partial charge in [0.25, 0.3) is 0 Å². The molecule has 0 spiro atoms. The average Bonchev–Trinajstić information content (AvgIpc) is 3.16. The molecule has 9 heteroatoms. The topological polar surface area (TPSA) is 107 Å². The molecular formula is C21H31N3O6. The molecule has 1 unspecified atom stereocenters. The molecule has 1 aromatic rings. The van der Waals surface area contributed by atoms with Gasteiger partial charge < -0.3 is 29.7 Å². The quantitative estimate of drug-likeness (QED) is 0.667. The van der Waals surface area contributed by atoms with Crippen LogP contribution in [-0.4, -0.2) is 55.4 Å². The molecule has 0 radical (unpaired) electrons. The lowest BCUT2D eigenvalue weighted by Crippen LogP contribution is -2.54. The molecule has 2 N–H and O–H groups in total. The van der Waals surface area contributed by atoms with Crippen LogP contribution in [0.25, 0.3) is 0 Å². The van der Waals surface area contributed by atoms with Crippen LogP contribution in [0.15, 0.2) is 35.5 Å². The van der Waals surface area contributed by atoms with Gasteiger partial charge in [0.2, 0.25) is 11.8 Å². The normalized spacial score (nSPS) is 17.9. The van der Waals surface area contributed by atoms with E-state index in [4.69, 9.17) is 19.0 Å². The SMILES string of the molecule is COC1=NOC(CNC(=O)[C@@H](NC(=O)OC(C)(C)C)[C@@H](C)OCc2ccccc2)C1. The van der Waals surface area contributed by atoms with E-state index in [0.717, 1.165) is 5.56 Å². The van der Waals surface area contributed by atoms with Crippen molar-refractivity contribution >= 4 is 17.9 Å². The number of ether oxygens (including phenoxy) is 3. The predicted molar refractivity (Wildman–Crippen MR) is 111 cm³/mol. The number of alkyl carbamates (subject to hydrolysis) is 1. The molecule has 0 saturated heterocycles. The van der Waals surface area contributed by atoms with Crippen molar-refractivity contribution in [3.05, 3.63) is 35.9 Å². The van der Waals surface area contributed by atoms with E-state index < -0.39 is 29.7 Å². The van der Waals surface area contributed by atoms with Gasteiger partial charge in [-0.15, -0.1) is 0 Å². The van der Waals surface area contributed by atoms with Crippen LogP contribution in [0.4, 0.5) is 4.79 Å². The molecule has 0 saturated carbocycles. The Hall–Kier alpha value is -2.81. The second-order valence-corrected chi connectivity index (χ2v) is 7.99. The third-order valence-electron chi connectivity index (χ3n) is 4.23. The number of methoxy groups -OCH3 is 1. The van der Waals surface area contributed by atoms with Gasteiger partial charge in [0.1, 0.15) is 11.6 Å². The number of oxime groups is 1. The molecule has 1 aliphatic rings. The van der Waals surface area contributed by atoms with Crippen molar-refractivity contribution in [2.24, 2.45) is 5.16 Å². The van der Waals surface area contributed by atoms with E-state index in [1.807, 2.05) is 30.3 Å². The van der Waals surface area contributed by atoms with E-state index in [9.17, 15) is 9.59 Å². The van der Waals surface area contributed by atoms with Crippen LogP contribution in [0.1, 0.15) is 39.7 Å².